The molecule has 0 saturated carbocycles. The maximum Gasteiger partial charge on any atom is 0.244 e. The first-order valence-electron chi connectivity index (χ1n) is 10.9. The Morgan fingerprint density at radius 1 is 1.28 bits per heavy atom. The van der Waals surface area contributed by atoms with Crippen molar-refractivity contribution in [1.29, 1.82) is 0 Å². The quantitative estimate of drug-likeness (QED) is 0.517. The molecule has 3 amide bonds. The third kappa shape index (κ3) is 3.56. The van der Waals surface area contributed by atoms with Crippen molar-refractivity contribution in [2.45, 2.75) is 81.4 Å². The molecule has 3 heterocycles. The summed E-state index contributed by atoms with van der Waals surface area (Å²) in [5.41, 5.74) is 0. The maximum atomic E-state index is 13.5. The molecule has 2 bridgehead atoms. The minimum Gasteiger partial charge on any atom is -0.395 e. The normalized spacial score (nSPS) is 36.2. The highest BCUT2D eigenvalue weighted by molar-refractivity contribution is 8.02. The summed E-state index contributed by atoms with van der Waals surface area (Å²) in [5.74, 6) is -1.33. The highest BCUT2D eigenvalue weighted by atomic mass is 32.2. The van der Waals surface area contributed by atoms with E-state index >= 15 is 0 Å². The molecular weight excluding hydrogens is 390 g/mol. The molecule has 0 radical (unpaired) electrons. The lowest BCUT2D eigenvalue weighted by atomic mass is 9.66. The Kier molecular flexibility index (Phi) is 6.53. The van der Waals surface area contributed by atoms with Crippen LogP contribution in [0.2, 0.25) is 0 Å². The van der Waals surface area contributed by atoms with E-state index in [9.17, 15) is 19.5 Å². The fraction of sp³-hybridized carbons (Fsp3) is 0.857. The molecule has 3 unspecified atom stereocenters. The zero-order valence-corrected chi connectivity index (χ0v) is 18.8. The van der Waals surface area contributed by atoms with E-state index in [1.165, 1.54) is 4.90 Å². The Hall–Kier alpha value is -1.28. The van der Waals surface area contributed by atoms with Crippen molar-refractivity contribution in [3.8, 4) is 0 Å². The van der Waals surface area contributed by atoms with Gasteiger partial charge in [-0.3, -0.25) is 14.4 Å². The summed E-state index contributed by atoms with van der Waals surface area (Å²) < 4.78 is -0.928. The lowest BCUT2D eigenvalue weighted by Crippen LogP contribution is -2.55. The monoisotopic (exact) mass is 425 g/mol. The van der Waals surface area contributed by atoms with Gasteiger partial charge in [-0.25, -0.2) is 0 Å². The van der Waals surface area contributed by atoms with E-state index in [0.717, 1.165) is 32.1 Å². The Labute approximate surface area is 177 Å². The van der Waals surface area contributed by atoms with Crippen molar-refractivity contribution < 1.29 is 19.5 Å². The van der Waals surface area contributed by atoms with Crippen LogP contribution in [0.5, 0.6) is 0 Å². The lowest BCUT2D eigenvalue weighted by Gasteiger charge is -2.35. The van der Waals surface area contributed by atoms with Crippen molar-refractivity contribution in [2.24, 2.45) is 11.8 Å². The molecule has 3 aliphatic rings. The van der Waals surface area contributed by atoms with Crippen molar-refractivity contribution in [3.63, 3.8) is 0 Å². The van der Waals surface area contributed by atoms with Gasteiger partial charge in [-0.15, -0.1) is 11.8 Å². The summed E-state index contributed by atoms with van der Waals surface area (Å²) in [4.78, 5) is 41.4. The summed E-state index contributed by atoms with van der Waals surface area (Å²) in [6.07, 6.45) is 4.22. The Morgan fingerprint density at radius 2 is 2.00 bits per heavy atom. The summed E-state index contributed by atoms with van der Waals surface area (Å²) in [7, 11) is 0. The number of nitrogens with zero attached hydrogens (tertiary/aromatic N) is 1. The second-order valence-corrected chi connectivity index (χ2v) is 10.9. The Bertz CT molecular complexity index is 674. The van der Waals surface area contributed by atoms with Crippen LogP contribution in [0, 0.1) is 11.8 Å². The van der Waals surface area contributed by atoms with Gasteiger partial charge < -0.3 is 20.6 Å². The van der Waals surface area contributed by atoms with Crippen LogP contribution in [0.4, 0.5) is 0 Å². The van der Waals surface area contributed by atoms with Gasteiger partial charge in [-0.2, -0.15) is 0 Å². The van der Waals surface area contributed by atoms with E-state index in [4.69, 9.17) is 0 Å². The highest BCUT2D eigenvalue weighted by Crippen LogP contribution is 2.71. The van der Waals surface area contributed by atoms with Gasteiger partial charge in [0.1, 0.15) is 6.04 Å². The second kappa shape index (κ2) is 8.46. The van der Waals surface area contributed by atoms with E-state index in [1.807, 2.05) is 13.8 Å². The van der Waals surface area contributed by atoms with Gasteiger partial charge >= 0.3 is 0 Å². The third-order valence-corrected chi connectivity index (χ3v) is 8.79. The number of aliphatic hydroxyl groups is 1. The van der Waals surface area contributed by atoms with E-state index < -0.39 is 22.6 Å². The minimum atomic E-state index is -0.637. The first-order chi connectivity index (χ1) is 13.8. The molecule has 0 aromatic rings. The van der Waals surface area contributed by atoms with E-state index in [1.54, 1.807) is 11.8 Å². The molecule has 164 valence electrons. The number of carbonyl (C=O) groups excluding carboxylic acids is 3. The number of amides is 3. The second-order valence-electron chi connectivity index (χ2n) is 8.97. The number of nitrogens with one attached hydrogen (secondary N) is 2. The zero-order valence-electron chi connectivity index (χ0n) is 18.0. The molecule has 3 fully saturated rings. The van der Waals surface area contributed by atoms with E-state index in [2.05, 4.69) is 24.5 Å². The molecule has 29 heavy (non-hydrogen) atoms. The van der Waals surface area contributed by atoms with Crippen LogP contribution in [0.1, 0.15) is 59.8 Å². The minimum absolute atomic E-state index is 0.0249. The summed E-state index contributed by atoms with van der Waals surface area (Å²) in [5, 5.41) is 15.6. The molecule has 6 atom stereocenters. The van der Waals surface area contributed by atoms with E-state index in [0.29, 0.717) is 6.54 Å². The number of β-amino-alcohol motifs (C(OH)–C–C–N with tert-alkyl or cyclic N) is 1. The molecule has 3 N–H and O–H groups in total. The predicted octanol–water partition coefficient (Wildman–Crippen LogP) is 1.29. The number of rotatable bonds is 9. The zero-order chi connectivity index (χ0) is 21.4. The van der Waals surface area contributed by atoms with Crippen LogP contribution in [0.15, 0.2) is 0 Å². The number of likely N-dealkylation sites (tertiary alicyclic amines) is 1. The van der Waals surface area contributed by atoms with Crippen LogP contribution in [-0.2, 0) is 14.4 Å². The van der Waals surface area contributed by atoms with Gasteiger partial charge in [-0.05, 0) is 39.5 Å². The number of hydrogen-bond donors (Lipinski definition) is 3. The SMILES string of the molecule is CCCNC(=O)[C@@H]1[C@H]2C(=O)N(CCO)C(C(=O)NC(C)CCC)C23CC[C@@]1(C)S3. The number of hydrogen-bond acceptors (Lipinski definition) is 5. The summed E-state index contributed by atoms with van der Waals surface area (Å²) >= 11 is 1.67. The summed E-state index contributed by atoms with van der Waals surface area (Å²) in [6.45, 7) is 8.63. The van der Waals surface area contributed by atoms with Gasteiger partial charge in [0.25, 0.3) is 0 Å². The molecule has 1 spiro atoms. The van der Waals surface area contributed by atoms with Crippen LogP contribution in [0.25, 0.3) is 0 Å². The van der Waals surface area contributed by atoms with Gasteiger partial charge in [0.2, 0.25) is 17.7 Å². The van der Waals surface area contributed by atoms with Crippen molar-refractivity contribution in [3.05, 3.63) is 0 Å². The van der Waals surface area contributed by atoms with Gasteiger partial charge in [0.15, 0.2) is 0 Å². The smallest absolute Gasteiger partial charge is 0.244 e. The fourth-order valence-corrected chi connectivity index (χ4v) is 8.02. The Balaban J connectivity index is 1.95. The molecule has 0 aromatic carbocycles. The third-order valence-electron chi connectivity index (χ3n) is 6.81. The molecule has 3 saturated heterocycles. The first-order valence-corrected chi connectivity index (χ1v) is 11.8. The largest absolute Gasteiger partial charge is 0.395 e. The first kappa shape index (κ1) is 22.4. The molecule has 7 nitrogen and oxygen atoms in total. The molecule has 8 heteroatoms. The molecule has 3 aliphatic heterocycles. The van der Waals surface area contributed by atoms with E-state index in [-0.39, 0.29) is 41.7 Å². The summed E-state index contributed by atoms with van der Waals surface area (Å²) in [6, 6.07) is -0.612. The number of thioether (sulfide) groups is 1. The Morgan fingerprint density at radius 3 is 2.62 bits per heavy atom. The average Bonchev–Trinajstić information content (AvgIpc) is 3.22. The fourth-order valence-electron chi connectivity index (χ4n) is 5.66. The predicted molar refractivity (Wildman–Crippen MR) is 113 cm³/mol. The standard InChI is InChI=1S/C21H35N3O4S/c1-5-7-13(3)23-18(27)16-21-9-8-20(4,29-21)14(17(26)22-10-6-2)15(21)19(28)24(16)11-12-25/h13-16,25H,5-12H2,1-4H3,(H,22,26)(H,23,27)/t13?,14-,15-,16?,20+,21?/m0/s1. The van der Waals surface area contributed by atoms with Crippen LogP contribution < -0.4 is 10.6 Å². The van der Waals surface area contributed by atoms with Crippen LogP contribution in [0.3, 0.4) is 0 Å². The lowest BCUT2D eigenvalue weighted by molar-refractivity contribution is -0.141. The van der Waals surface area contributed by atoms with Gasteiger partial charge in [0.05, 0.1) is 23.2 Å². The molecule has 0 aromatic heterocycles. The topological polar surface area (TPSA) is 98.7 Å². The van der Waals surface area contributed by atoms with Crippen molar-refractivity contribution in [1.82, 2.24) is 15.5 Å². The van der Waals surface area contributed by atoms with Gasteiger partial charge in [0, 0.05) is 23.9 Å². The maximum absolute atomic E-state index is 13.5. The van der Waals surface area contributed by atoms with Crippen molar-refractivity contribution in [2.75, 3.05) is 19.7 Å². The highest BCUT2D eigenvalue weighted by Gasteiger charge is 2.76. The number of aliphatic hydroxyl groups excluding tert-OH is 1. The number of fused-ring (bicyclic) bond motifs is 1. The van der Waals surface area contributed by atoms with Crippen molar-refractivity contribution >= 4 is 29.5 Å². The number of carbonyl (C=O) groups is 3. The van der Waals surface area contributed by atoms with Gasteiger partial charge in [-0.1, -0.05) is 20.3 Å². The average molecular weight is 426 g/mol. The molecular formula is C21H35N3O4S. The molecule has 0 aliphatic carbocycles. The molecule has 3 rings (SSSR count). The van der Waals surface area contributed by atoms with Crippen LogP contribution >= 0.6 is 11.8 Å². The van der Waals surface area contributed by atoms with Crippen LogP contribution in [-0.4, -0.2) is 69.0 Å².